The Balaban J connectivity index is 1.26. The Bertz CT molecular complexity index is 1270. The maximum absolute atomic E-state index is 12.2. The molecule has 1 aromatic carbocycles. The van der Waals surface area contributed by atoms with Crippen molar-refractivity contribution in [2.45, 2.75) is 25.3 Å². The Morgan fingerprint density at radius 3 is 3.00 bits per heavy atom. The van der Waals surface area contributed by atoms with Crippen molar-refractivity contribution in [2.24, 2.45) is 0 Å². The van der Waals surface area contributed by atoms with E-state index in [4.69, 9.17) is 9.26 Å². The smallest absolute Gasteiger partial charge is 0.258 e. The maximum Gasteiger partial charge on any atom is 0.258 e. The molecule has 1 amide bonds. The molecule has 0 atom stereocenters. The van der Waals surface area contributed by atoms with Gasteiger partial charge in [0.1, 0.15) is 5.75 Å². The van der Waals surface area contributed by atoms with Gasteiger partial charge in [0.25, 0.3) is 5.89 Å². The number of nitrogens with zero attached hydrogens (tertiary/aromatic N) is 5. The summed E-state index contributed by atoms with van der Waals surface area (Å²) in [5.74, 6) is 2.75. The molecule has 1 fully saturated rings. The first-order valence-corrected chi connectivity index (χ1v) is 9.98. The first-order valence-electron chi connectivity index (χ1n) is 9.98. The zero-order chi connectivity index (χ0) is 21.2. The second-order valence-electron chi connectivity index (χ2n) is 7.28. The number of nitrogens with one attached hydrogen (secondary N) is 1. The lowest BCUT2D eigenvalue weighted by atomic mass is 10.2. The van der Waals surface area contributed by atoms with E-state index in [0.29, 0.717) is 29.0 Å². The highest BCUT2D eigenvalue weighted by Gasteiger charge is 2.29. The van der Waals surface area contributed by atoms with Crippen molar-refractivity contribution in [3.63, 3.8) is 0 Å². The number of hydrogen-bond donors (Lipinski definition) is 1. The molecule has 0 unspecified atom stereocenters. The van der Waals surface area contributed by atoms with Crippen LogP contribution >= 0.6 is 0 Å². The van der Waals surface area contributed by atoms with Crippen molar-refractivity contribution in [3.8, 4) is 17.2 Å². The minimum atomic E-state index is -0.238. The van der Waals surface area contributed by atoms with Gasteiger partial charge >= 0.3 is 0 Å². The monoisotopic (exact) mass is 416 g/mol. The fourth-order valence-corrected chi connectivity index (χ4v) is 3.25. The van der Waals surface area contributed by atoms with Crippen LogP contribution < -0.4 is 10.1 Å². The SMILES string of the molecule is COc1ccccc1/C=C/C(=O)NCc1nnc2cc(-c3nc(C4CC4)no3)ccn12. The Labute approximate surface area is 177 Å². The van der Waals surface area contributed by atoms with Gasteiger partial charge in [-0.15, -0.1) is 10.2 Å². The number of carbonyl (C=O) groups excluding carboxylic acids is 1. The fraction of sp³-hybridized carbons (Fsp3) is 0.227. The van der Waals surface area contributed by atoms with Gasteiger partial charge in [0.2, 0.25) is 5.91 Å². The lowest BCUT2D eigenvalue weighted by Crippen LogP contribution is -2.21. The van der Waals surface area contributed by atoms with Gasteiger partial charge in [-0.3, -0.25) is 9.20 Å². The highest BCUT2D eigenvalue weighted by Crippen LogP contribution is 2.38. The molecule has 5 rings (SSSR count). The minimum absolute atomic E-state index is 0.238. The largest absolute Gasteiger partial charge is 0.496 e. The van der Waals surface area contributed by atoms with Crippen LogP contribution in [-0.4, -0.2) is 37.8 Å². The fourth-order valence-electron chi connectivity index (χ4n) is 3.25. The van der Waals surface area contributed by atoms with Gasteiger partial charge in [-0.25, -0.2) is 0 Å². The van der Waals surface area contributed by atoms with Crippen LogP contribution in [0.1, 0.15) is 36.0 Å². The van der Waals surface area contributed by atoms with E-state index in [0.717, 1.165) is 29.8 Å². The Morgan fingerprint density at radius 1 is 1.29 bits per heavy atom. The molecule has 31 heavy (non-hydrogen) atoms. The number of fused-ring (bicyclic) bond motifs is 1. The van der Waals surface area contributed by atoms with Crippen molar-refractivity contribution in [3.05, 3.63) is 65.9 Å². The average Bonchev–Trinajstić information content (AvgIpc) is 3.39. The highest BCUT2D eigenvalue weighted by atomic mass is 16.5. The van der Waals surface area contributed by atoms with Gasteiger partial charge in [0.05, 0.1) is 13.7 Å². The van der Waals surface area contributed by atoms with Gasteiger partial charge in [-0.2, -0.15) is 4.98 Å². The molecule has 1 aliphatic rings. The van der Waals surface area contributed by atoms with E-state index >= 15 is 0 Å². The number of benzene rings is 1. The van der Waals surface area contributed by atoms with Crippen LogP contribution in [0.15, 0.2) is 53.2 Å². The van der Waals surface area contributed by atoms with E-state index in [9.17, 15) is 4.79 Å². The van der Waals surface area contributed by atoms with Gasteiger partial charge in [0.15, 0.2) is 17.3 Å². The molecular weight excluding hydrogens is 396 g/mol. The predicted molar refractivity (Wildman–Crippen MR) is 112 cm³/mol. The predicted octanol–water partition coefficient (Wildman–Crippen LogP) is 2.99. The van der Waals surface area contributed by atoms with Crippen LogP contribution in [0.3, 0.4) is 0 Å². The lowest BCUT2D eigenvalue weighted by Gasteiger charge is -2.04. The minimum Gasteiger partial charge on any atom is -0.496 e. The molecule has 0 radical (unpaired) electrons. The van der Waals surface area contributed by atoms with Crippen molar-refractivity contribution in [1.29, 1.82) is 0 Å². The van der Waals surface area contributed by atoms with E-state index in [1.54, 1.807) is 13.2 Å². The van der Waals surface area contributed by atoms with E-state index in [1.807, 2.05) is 47.0 Å². The van der Waals surface area contributed by atoms with Gasteiger partial charge in [0, 0.05) is 29.3 Å². The van der Waals surface area contributed by atoms with Crippen molar-refractivity contribution < 1.29 is 14.1 Å². The number of hydrogen-bond acceptors (Lipinski definition) is 7. The summed E-state index contributed by atoms with van der Waals surface area (Å²) in [5.41, 5.74) is 2.25. The summed E-state index contributed by atoms with van der Waals surface area (Å²) in [7, 11) is 1.60. The summed E-state index contributed by atoms with van der Waals surface area (Å²) in [5, 5.41) is 15.2. The second kappa shape index (κ2) is 8.02. The van der Waals surface area contributed by atoms with Crippen LogP contribution in [-0.2, 0) is 11.3 Å². The van der Waals surface area contributed by atoms with Crippen molar-refractivity contribution >= 4 is 17.6 Å². The number of rotatable bonds is 7. The lowest BCUT2D eigenvalue weighted by molar-refractivity contribution is -0.116. The summed E-state index contributed by atoms with van der Waals surface area (Å²) < 4.78 is 12.5. The molecule has 0 aliphatic heterocycles. The van der Waals surface area contributed by atoms with Crippen LogP contribution in [0.4, 0.5) is 0 Å². The topological polar surface area (TPSA) is 107 Å². The Hall–Kier alpha value is -4.01. The van der Waals surface area contributed by atoms with Crippen LogP contribution in [0.25, 0.3) is 23.2 Å². The summed E-state index contributed by atoms with van der Waals surface area (Å²) in [6.45, 7) is 0.238. The summed E-state index contributed by atoms with van der Waals surface area (Å²) in [6, 6.07) is 11.2. The molecule has 1 aliphatic carbocycles. The molecule has 3 aromatic heterocycles. The van der Waals surface area contributed by atoms with E-state index in [-0.39, 0.29) is 12.5 Å². The number of aromatic nitrogens is 5. The third kappa shape index (κ3) is 4.02. The van der Waals surface area contributed by atoms with Crippen LogP contribution in [0.2, 0.25) is 0 Å². The number of pyridine rings is 1. The van der Waals surface area contributed by atoms with Gasteiger partial charge in [-0.1, -0.05) is 23.4 Å². The van der Waals surface area contributed by atoms with Crippen LogP contribution in [0, 0.1) is 0 Å². The first kappa shape index (κ1) is 19.0. The molecule has 9 heteroatoms. The average molecular weight is 416 g/mol. The highest BCUT2D eigenvalue weighted by molar-refractivity contribution is 5.92. The van der Waals surface area contributed by atoms with E-state index < -0.39 is 0 Å². The molecule has 0 saturated heterocycles. The summed E-state index contributed by atoms with van der Waals surface area (Å²) >= 11 is 0. The van der Waals surface area contributed by atoms with Gasteiger partial charge in [-0.05, 0) is 37.1 Å². The summed E-state index contributed by atoms with van der Waals surface area (Å²) in [4.78, 5) is 16.7. The number of ether oxygens (including phenoxy) is 1. The van der Waals surface area contributed by atoms with Gasteiger partial charge < -0.3 is 14.6 Å². The van der Waals surface area contributed by atoms with E-state index in [1.165, 1.54) is 6.08 Å². The molecule has 3 heterocycles. The first-order chi connectivity index (χ1) is 15.2. The molecule has 0 bridgehead atoms. The molecule has 1 N–H and O–H groups in total. The summed E-state index contributed by atoms with van der Waals surface area (Å²) in [6.07, 6.45) is 7.24. The zero-order valence-electron chi connectivity index (χ0n) is 16.9. The van der Waals surface area contributed by atoms with Crippen LogP contribution in [0.5, 0.6) is 5.75 Å². The molecule has 9 nitrogen and oxygen atoms in total. The molecule has 1 saturated carbocycles. The number of carbonyl (C=O) groups is 1. The van der Waals surface area contributed by atoms with Crippen molar-refractivity contribution in [1.82, 2.24) is 30.1 Å². The molecule has 0 spiro atoms. The quantitative estimate of drug-likeness (QED) is 0.462. The Morgan fingerprint density at radius 2 is 2.16 bits per heavy atom. The zero-order valence-corrected chi connectivity index (χ0v) is 16.9. The second-order valence-corrected chi connectivity index (χ2v) is 7.28. The third-order valence-electron chi connectivity index (χ3n) is 5.09. The number of amides is 1. The van der Waals surface area contributed by atoms with Crippen molar-refractivity contribution in [2.75, 3.05) is 7.11 Å². The normalized spacial score (nSPS) is 13.7. The molecular formula is C22H20N6O3. The molecule has 4 aromatic rings. The number of methoxy groups -OCH3 is 1. The van der Waals surface area contributed by atoms with E-state index in [2.05, 4.69) is 25.7 Å². The maximum atomic E-state index is 12.2. The Kier molecular flexibility index (Phi) is 4.91. The molecule has 156 valence electrons. The standard InChI is InChI=1S/C22H20N6O3/c1-30-17-5-3-2-4-14(17)8-9-20(29)23-13-19-26-25-18-12-16(10-11-28(18)19)22-24-21(27-31-22)15-6-7-15/h2-5,8-12,15H,6-7,13H2,1H3,(H,23,29)/b9-8+. The number of para-hydroxylation sites is 1. The third-order valence-corrected chi connectivity index (χ3v) is 5.09.